The first-order valence-electron chi connectivity index (χ1n) is 6.82. The van der Waals surface area contributed by atoms with Crippen molar-refractivity contribution in [2.24, 2.45) is 0 Å². The second-order valence-corrected chi connectivity index (χ2v) is 5.91. The average Bonchev–Trinajstić information content (AvgIpc) is 3.07. The predicted molar refractivity (Wildman–Crippen MR) is 77.5 cm³/mol. The molecule has 0 bridgehead atoms. The number of carbonyl (C=O) groups excluding carboxylic acids is 1. The van der Waals surface area contributed by atoms with Crippen molar-refractivity contribution < 1.29 is 9.53 Å². The van der Waals surface area contributed by atoms with Crippen molar-refractivity contribution in [1.82, 2.24) is 10.2 Å². The van der Waals surface area contributed by atoms with Gasteiger partial charge >= 0.3 is 0 Å². The zero-order valence-electron chi connectivity index (χ0n) is 11.4. The summed E-state index contributed by atoms with van der Waals surface area (Å²) in [5, 5.41) is 5.46. The van der Waals surface area contributed by atoms with Crippen LogP contribution in [0.2, 0.25) is 0 Å². The van der Waals surface area contributed by atoms with Crippen molar-refractivity contribution in [1.29, 1.82) is 0 Å². The number of nitrogens with one attached hydrogen (secondary N) is 1. The van der Waals surface area contributed by atoms with Gasteiger partial charge in [-0.3, -0.25) is 4.79 Å². The molecule has 1 unspecified atom stereocenters. The van der Waals surface area contributed by atoms with E-state index in [0.29, 0.717) is 25.6 Å². The normalized spacial score (nSPS) is 18.7. The summed E-state index contributed by atoms with van der Waals surface area (Å²) >= 11 is 1.64. The highest BCUT2D eigenvalue weighted by Gasteiger charge is 2.21. The minimum Gasteiger partial charge on any atom is -0.383 e. The minimum absolute atomic E-state index is 0.202. The van der Waals surface area contributed by atoms with Crippen LogP contribution in [0.15, 0.2) is 17.5 Å². The van der Waals surface area contributed by atoms with Gasteiger partial charge in [-0.25, -0.2) is 0 Å². The molecule has 1 atom stereocenters. The van der Waals surface area contributed by atoms with Gasteiger partial charge in [0.2, 0.25) is 5.91 Å². The van der Waals surface area contributed by atoms with Gasteiger partial charge in [-0.05, 0) is 30.8 Å². The van der Waals surface area contributed by atoms with Gasteiger partial charge in [0, 0.05) is 31.1 Å². The van der Waals surface area contributed by atoms with E-state index in [1.165, 1.54) is 6.42 Å². The topological polar surface area (TPSA) is 41.6 Å². The zero-order chi connectivity index (χ0) is 13.5. The Morgan fingerprint density at radius 2 is 2.53 bits per heavy atom. The fourth-order valence-corrected chi connectivity index (χ4v) is 3.07. The van der Waals surface area contributed by atoms with Crippen molar-refractivity contribution in [3.8, 4) is 0 Å². The Labute approximate surface area is 118 Å². The van der Waals surface area contributed by atoms with Crippen LogP contribution in [0.4, 0.5) is 0 Å². The number of thiophene rings is 1. The summed E-state index contributed by atoms with van der Waals surface area (Å²) < 4.78 is 5.11. The van der Waals surface area contributed by atoms with Gasteiger partial charge in [0.25, 0.3) is 0 Å². The summed E-state index contributed by atoms with van der Waals surface area (Å²) in [5.74, 6) is 0.202. The summed E-state index contributed by atoms with van der Waals surface area (Å²) in [6, 6.07) is 4.46. The molecule has 1 aromatic heterocycles. The maximum absolute atomic E-state index is 12.4. The van der Waals surface area contributed by atoms with Gasteiger partial charge in [0.15, 0.2) is 0 Å². The summed E-state index contributed by atoms with van der Waals surface area (Å²) in [6.45, 7) is 3.15. The zero-order valence-corrected chi connectivity index (χ0v) is 12.2. The van der Waals surface area contributed by atoms with E-state index in [1.807, 2.05) is 22.4 Å². The number of carbonyl (C=O) groups is 1. The molecular weight excluding hydrogens is 260 g/mol. The molecule has 0 radical (unpaired) electrons. The second-order valence-electron chi connectivity index (χ2n) is 4.88. The summed E-state index contributed by atoms with van der Waals surface area (Å²) in [6.07, 6.45) is 2.88. The number of amides is 1. The van der Waals surface area contributed by atoms with E-state index in [1.54, 1.807) is 18.4 Å². The number of hydrogen-bond donors (Lipinski definition) is 1. The number of ether oxygens (including phenoxy) is 1. The number of hydrogen-bond acceptors (Lipinski definition) is 4. The monoisotopic (exact) mass is 282 g/mol. The number of nitrogens with zero attached hydrogens (tertiary/aromatic N) is 1. The van der Waals surface area contributed by atoms with E-state index in [-0.39, 0.29) is 5.91 Å². The molecule has 0 saturated carbocycles. The standard InChI is InChI=1S/C14H22N2O2S/c1-18-8-7-16(11-12-4-2-6-15-12)14(17)10-13-5-3-9-19-13/h3,5,9,12,15H,2,4,6-8,10-11H2,1H3. The van der Waals surface area contributed by atoms with Crippen LogP contribution < -0.4 is 5.32 Å². The molecule has 0 aromatic carbocycles. The molecule has 2 rings (SSSR count). The minimum atomic E-state index is 0.202. The predicted octanol–water partition coefficient (Wildman–Crippen LogP) is 1.52. The molecular formula is C14H22N2O2S. The lowest BCUT2D eigenvalue weighted by Crippen LogP contribution is -2.43. The first-order chi connectivity index (χ1) is 9.29. The Morgan fingerprint density at radius 1 is 1.63 bits per heavy atom. The molecule has 2 heterocycles. The first-order valence-corrected chi connectivity index (χ1v) is 7.70. The van der Waals surface area contributed by atoms with Gasteiger partial charge in [-0.1, -0.05) is 6.07 Å². The summed E-state index contributed by atoms with van der Waals surface area (Å²) in [7, 11) is 1.68. The van der Waals surface area contributed by atoms with Crippen LogP contribution in [0.5, 0.6) is 0 Å². The molecule has 19 heavy (non-hydrogen) atoms. The van der Waals surface area contributed by atoms with Crippen molar-refractivity contribution >= 4 is 17.2 Å². The van der Waals surface area contributed by atoms with Gasteiger partial charge in [0.05, 0.1) is 13.0 Å². The van der Waals surface area contributed by atoms with Crippen molar-refractivity contribution in [2.75, 3.05) is 33.4 Å². The molecule has 1 fully saturated rings. The Bertz CT molecular complexity index is 375. The van der Waals surface area contributed by atoms with Crippen LogP contribution in [0, 0.1) is 0 Å². The molecule has 1 aromatic rings. The van der Waals surface area contributed by atoms with Gasteiger partial charge < -0.3 is 15.0 Å². The fourth-order valence-electron chi connectivity index (χ4n) is 2.37. The SMILES string of the molecule is COCCN(CC1CCCN1)C(=O)Cc1cccs1. The molecule has 5 heteroatoms. The Hall–Kier alpha value is -0.910. The third-order valence-electron chi connectivity index (χ3n) is 3.43. The van der Waals surface area contributed by atoms with Crippen LogP contribution in [0.25, 0.3) is 0 Å². The highest BCUT2D eigenvalue weighted by atomic mass is 32.1. The third kappa shape index (κ3) is 4.60. The highest BCUT2D eigenvalue weighted by molar-refractivity contribution is 7.10. The summed E-state index contributed by atoms with van der Waals surface area (Å²) in [4.78, 5) is 15.4. The Balaban J connectivity index is 1.88. The lowest BCUT2D eigenvalue weighted by molar-refractivity contribution is -0.131. The lowest BCUT2D eigenvalue weighted by Gasteiger charge is -2.25. The van der Waals surface area contributed by atoms with E-state index in [2.05, 4.69) is 5.32 Å². The van der Waals surface area contributed by atoms with Crippen molar-refractivity contribution in [3.05, 3.63) is 22.4 Å². The highest BCUT2D eigenvalue weighted by Crippen LogP contribution is 2.12. The molecule has 1 saturated heterocycles. The third-order valence-corrected chi connectivity index (χ3v) is 4.30. The molecule has 0 aliphatic carbocycles. The Morgan fingerprint density at radius 3 is 3.16 bits per heavy atom. The van der Waals surface area contributed by atoms with Gasteiger partial charge in [-0.2, -0.15) is 0 Å². The molecule has 0 spiro atoms. The smallest absolute Gasteiger partial charge is 0.227 e. The lowest BCUT2D eigenvalue weighted by atomic mass is 10.2. The first kappa shape index (κ1) is 14.5. The van der Waals surface area contributed by atoms with E-state index >= 15 is 0 Å². The summed E-state index contributed by atoms with van der Waals surface area (Å²) in [5.41, 5.74) is 0. The number of rotatable bonds is 7. The van der Waals surface area contributed by atoms with E-state index < -0.39 is 0 Å². The molecule has 1 aliphatic heterocycles. The molecule has 1 amide bonds. The average molecular weight is 282 g/mol. The molecule has 1 N–H and O–H groups in total. The van der Waals surface area contributed by atoms with Crippen LogP contribution in [-0.2, 0) is 16.0 Å². The van der Waals surface area contributed by atoms with Gasteiger partial charge in [-0.15, -0.1) is 11.3 Å². The maximum atomic E-state index is 12.4. The van der Waals surface area contributed by atoms with Crippen molar-refractivity contribution in [3.63, 3.8) is 0 Å². The van der Waals surface area contributed by atoms with Crippen LogP contribution in [0.3, 0.4) is 0 Å². The maximum Gasteiger partial charge on any atom is 0.227 e. The molecule has 1 aliphatic rings. The van der Waals surface area contributed by atoms with E-state index in [0.717, 1.165) is 24.4 Å². The van der Waals surface area contributed by atoms with Crippen LogP contribution >= 0.6 is 11.3 Å². The molecule has 106 valence electrons. The largest absolute Gasteiger partial charge is 0.383 e. The number of methoxy groups -OCH3 is 1. The van der Waals surface area contributed by atoms with Gasteiger partial charge in [0.1, 0.15) is 0 Å². The second kappa shape index (κ2) is 7.62. The van der Waals surface area contributed by atoms with Crippen molar-refractivity contribution in [2.45, 2.75) is 25.3 Å². The van der Waals surface area contributed by atoms with Crippen LogP contribution in [0.1, 0.15) is 17.7 Å². The quantitative estimate of drug-likeness (QED) is 0.824. The van der Waals surface area contributed by atoms with E-state index in [4.69, 9.17) is 4.74 Å². The van der Waals surface area contributed by atoms with Crippen LogP contribution in [-0.4, -0.2) is 50.2 Å². The fraction of sp³-hybridized carbons (Fsp3) is 0.643. The van der Waals surface area contributed by atoms with E-state index in [9.17, 15) is 4.79 Å². The Kier molecular flexibility index (Phi) is 5.82. The molecule has 4 nitrogen and oxygen atoms in total.